The lowest BCUT2D eigenvalue weighted by molar-refractivity contribution is -0.137. The second kappa shape index (κ2) is 13.1. The molecule has 1 saturated heterocycles. The van der Waals surface area contributed by atoms with Crippen LogP contribution in [0.2, 0.25) is 5.02 Å². The molecule has 2 amide bonds. The van der Waals surface area contributed by atoms with Crippen molar-refractivity contribution in [1.29, 1.82) is 0 Å². The molecule has 1 aromatic rings. The number of carbonyl (C=O) groups excluding carboxylic acids is 3. The molecule has 10 heteroatoms. The van der Waals surface area contributed by atoms with Gasteiger partial charge in [-0.2, -0.15) is 0 Å². The number of likely N-dealkylation sites (tertiary alicyclic amines) is 1. The number of nitrogens with zero attached hydrogens (tertiary/aromatic N) is 2. The fourth-order valence-corrected chi connectivity index (χ4v) is 4.92. The van der Waals surface area contributed by atoms with Crippen LogP contribution < -0.4 is 10.6 Å². The number of anilines is 1. The Labute approximate surface area is 224 Å². The van der Waals surface area contributed by atoms with Gasteiger partial charge in [0.1, 0.15) is 11.4 Å². The summed E-state index contributed by atoms with van der Waals surface area (Å²) in [5.74, 6) is 0.757. The fraction of sp³-hybridized carbons (Fsp3) is 0.630. The van der Waals surface area contributed by atoms with Crippen molar-refractivity contribution in [2.45, 2.75) is 71.4 Å². The van der Waals surface area contributed by atoms with Crippen LogP contribution in [0.4, 0.5) is 10.6 Å². The molecule has 0 radical (unpaired) electrons. The predicted molar refractivity (Wildman–Crippen MR) is 143 cm³/mol. The van der Waals surface area contributed by atoms with Gasteiger partial charge in [-0.1, -0.05) is 11.6 Å². The highest BCUT2D eigenvalue weighted by Gasteiger charge is 2.33. The van der Waals surface area contributed by atoms with E-state index >= 15 is 0 Å². The molecular formula is C27H39ClN4O5. The number of alkyl carbamates (subject to hydrolysis) is 1. The van der Waals surface area contributed by atoms with Gasteiger partial charge in [0, 0.05) is 43.9 Å². The van der Waals surface area contributed by atoms with E-state index in [1.54, 1.807) is 25.3 Å². The number of rotatable bonds is 8. The van der Waals surface area contributed by atoms with E-state index in [2.05, 4.69) is 15.6 Å². The van der Waals surface area contributed by atoms with Crippen LogP contribution >= 0.6 is 11.6 Å². The molecule has 1 aromatic heterocycles. The van der Waals surface area contributed by atoms with Crippen LogP contribution in [0.3, 0.4) is 0 Å². The van der Waals surface area contributed by atoms with Crippen molar-refractivity contribution in [3.8, 4) is 0 Å². The standard InChI is InChI=1S/C27H39ClN4O5/c1-5-36-23(33)11-8-19-14-22(28)24(29-16-19)31-21-12-13-32(17-21)25(34)20-9-6-18(7-10-20)15-30-26(35)37-27(2,3)4/h8,11,14,16,18,20-21H,5-7,9-10,12-13,15,17H2,1-4H3,(H,29,31)(H,30,35)/b11-8+/t18?,20?,21-/m1/s1. The smallest absolute Gasteiger partial charge is 0.407 e. The molecule has 1 aliphatic heterocycles. The lowest BCUT2D eigenvalue weighted by atomic mass is 9.81. The molecular weight excluding hydrogens is 496 g/mol. The summed E-state index contributed by atoms with van der Waals surface area (Å²) in [5, 5.41) is 6.66. The van der Waals surface area contributed by atoms with E-state index in [4.69, 9.17) is 21.1 Å². The number of carbonyl (C=O) groups is 3. The average Bonchev–Trinajstić information content (AvgIpc) is 3.30. The van der Waals surface area contributed by atoms with Crippen LogP contribution in [0.25, 0.3) is 6.08 Å². The third-order valence-electron chi connectivity index (χ3n) is 6.53. The molecule has 0 aromatic carbocycles. The zero-order valence-corrected chi connectivity index (χ0v) is 23.0. The minimum absolute atomic E-state index is 0.0312. The lowest BCUT2D eigenvalue weighted by Gasteiger charge is -2.31. The van der Waals surface area contributed by atoms with E-state index in [0.717, 1.165) is 32.1 Å². The number of esters is 1. The van der Waals surface area contributed by atoms with Crippen molar-refractivity contribution in [3.05, 3.63) is 28.9 Å². The summed E-state index contributed by atoms with van der Waals surface area (Å²) in [6, 6.07) is 1.81. The monoisotopic (exact) mass is 534 g/mol. The normalized spacial score (nSPS) is 22.1. The molecule has 2 fully saturated rings. The third kappa shape index (κ3) is 9.22. The number of halogens is 1. The number of amides is 2. The van der Waals surface area contributed by atoms with Crippen molar-refractivity contribution < 1.29 is 23.9 Å². The number of hydrogen-bond donors (Lipinski definition) is 2. The van der Waals surface area contributed by atoms with E-state index in [1.807, 2.05) is 25.7 Å². The number of hydrogen-bond acceptors (Lipinski definition) is 7. The maximum atomic E-state index is 13.1. The van der Waals surface area contributed by atoms with Gasteiger partial charge in [0.25, 0.3) is 0 Å². The summed E-state index contributed by atoms with van der Waals surface area (Å²) >= 11 is 6.41. The quantitative estimate of drug-likeness (QED) is 0.369. The van der Waals surface area contributed by atoms with Gasteiger partial charge in [-0.05, 0) is 83.4 Å². The molecule has 1 aliphatic carbocycles. The minimum Gasteiger partial charge on any atom is -0.463 e. The van der Waals surface area contributed by atoms with E-state index in [0.29, 0.717) is 48.6 Å². The van der Waals surface area contributed by atoms with Crippen molar-refractivity contribution >= 4 is 41.5 Å². The molecule has 204 valence electrons. The highest BCUT2D eigenvalue weighted by atomic mass is 35.5. The number of ether oxygens (including phenoxy) is 2. The molecule has 2 N–H and O–H groups in total. The summed E-state index contributed by atoms with van der Waals surface area (Å²) in [7, 11) is 0. The molecule has 2 heterocycles. The molecule has 2 aliphatic rings. The summed E-state index contributed by atoms with van der Waals surface area (Å²) in [6.07, 6.45) is 8.52. The van der Waals surface area contributed by atoms with Gasteiger partial charge in [-0.25, -0.2) is 14.6 Å². The topological polar surface area (TPSA) is 110 Å². The largest absolute Gasteiger partial charge is 0.463 e. The third-order valence-corrected chi connectivity index (χ3v) is 6.82. The lowest BCUT2D eigenvalue weighted by Crippen LogP contribution is -2.39. The summed E-state index contributed by atoms with van der Waals surface area (Å²) in [5.41, 5.74) is 0.188. The van der Waals surface area contributed by atoms with Gasteiger partial charge >= 0.3 is 12.1 Å². The highest BCUT2D eigenvalue weighted by molar-refractivity contribution is 6.33. The number of nitrogens with one attached hydrogen (secondary N) is 2. The first-order valence-corrected chi connectivity index (χ1v) is 13.4. The Kier molecular flexibility index (Phi) is 10.2. The van der Waals surface area contributed by atoms with Crippen LogP contribution in [0, 0.1) is 11.8 Å². The Bertz CT molecular complexity index is 985. The van der Waals surface area contributed by atoms with Gasteiger partial charge in [-0.3, -0.25) is 4.79 Å². The van der Waals surface area contributed by atoms with E-state index in [-0.39, 0.29) is 17.9 Å². The predicted octanol–water partition coefficient (Wildman–Crippen LogP) is 4.66. The Morgan fingerprint density at radius 2 is 1.92 bits per heavy atom. The molecule has 37 heavy (non-hydrogen) atoms. The minimum atomic E-state index is -0.510. The second-order valence-electron chi connectivity index (χ2n) is 10.7. The SMILES string of the molecule is CCOC(=O)/C=C/c1cnc(N[C@@H]2CCN(C(=O)C3CCC(CNC(=O)OC(C)(C)C)CC3)C2)c(Cl)c1. The van der Waals surface area contributed by atoms with Gasteiger partial charge in [0.05, 0.1) is 11.6 Å². The highest BCUT2D eigenvalue weighted by Crippen LogP contribution is 2.31. The first kappa shape index (κ1) is 28.8. The van der Waals surface area contributed by atoms with Crippen molar-refractivity contribution in [3.63, 3.8) is 0 Å². The molecule has 3 rings (SSSR count). The number of aromatic nitrogens is 1. The summed E-state index contributed by atoms with van der Waals surface area (Å²) in [4.78, 5) is 42.8. The Morgan fingerprint density at radius 1 is 1.19 bits per heavy atom. The Morgan fingerprint density at radius 3 is 2.57 bits per heavy atom. The van der Waals surface area contributed by atoms with Crippen molar-refractivity contribution in [2.24, 2.45) is 11.8 Å². The van der Waals surface area contributed by atoms with Gasteiger partial charge in [-0.15, -0.1) is 0 Å². The van der Waals surface area contributed by atoms with Gasteiger partial charge < -0.3 is 25.0 Å². The zero-order chi connectivity index (χ0) is 27.0. The Hall–Kier alpha value is -2.81. The molecule has 0 bridgehead atoms. The van der Waals surface area contributed by atoms with Crippen molar-refractivity contribution in [1.82, 2.24) is 15.2 Å². The molecule has 0 spiro atoms. The van der Waals surface area contributed by atoms with Crippen LogP contribution in [-0.2, 0) is 19.1 Å². The molecule has 1 saturated carbocycles. The van der Waals surface area contributed by atoms with Gasteiger partial charge in [0.2, 0.25) is 5.91 Å². The van der Waals surface area contributed by atoms with E-state index in [1.165, 1.54) is 6.08 Å². The van der Waals surface area contributed by atoms with Crippen molar-refractivity contribution in [2.75, 3.05) is 31.6 Å². The van der Waals surface area contributed by atoms with Crippen LogP contribution in [0.15, 0.2) is 18.3 Å². The molecule has 9 nitrogen and oxygen atoms in total. The van der Waals surface area contributed by atoms with Crippen LogP contribution in [-0.4, -0.2) is 65.7 Å². The second-order valence-corrected chi connectivity index (χ2v) is 11.1. The summed E-state index contributed by atoms with van der Waals surface area (Å²) in [6.45, 7) is 9.50. The van der Waals surface area contributed by atoms with Crippen LogP contribution in [0.1, 0.15) is 65.4 Å². The maximum Gasteiger partial charge on any atom is 0.407 e. The number of pyridine rings is 1. The Balaban J connectivity index is 1.42. The zero-order valence-electron chi connectivity index (χ0n) is 22.2. The fourth-order valence-electron chi connectivity index (χ4n) is 4.69. The van der Waals surface area contributed by atoms with Gasteiger partial charge in [0.15, 0.2) is 0 Å². The molecule has 0 unspecified atom stereocenters. The van der Waals surface area contributed by atoms with E-state index in [9.17, 15) is 14.4 Å². The average molecular weight is 535 g/mol. The first-order valence-electron chi connectivity index (χ1n) is 13.1. The van der Waals surface area contributed by atoms with Crippen LogP contribution in [0.5, 0.6) is 0 Å². The molecule has 1 atom stereocenters. The summed E-state index contributed by atoms with van der Waals surface area (Å²) < 4.78 is 10.2. The van der Waals surface area contributed by atoms with E-state index < -0.39 is 17.7 Å². The maximum absolute atomic E-state index is 13.1. The first-order chi connectivity index (χ1) is 17.5.